The molecule has 0 radical (unpaired) electrons. The Morgan fingerprint density at radius 1 is 1.15 bits per heavy atom. The van der Waals surface area contributed by atoms with Gasteiger partial charge in [-0.05, 0) is 55.7 Å². The number of hydrogen-bond acceptors (Lipinski definition) is 4. The van der Waals surface area contributed by atoms with Crippen molar-refractivity contribution in [1.29, 1.82) is 0 Å². The van der Waals surface area contributed by atoms with E-state index in [9.17, 15) is 14.0 Å². The van der Waals surface area contributed by atoms with Crippen LogP contribution in [-0.2, 0) is 16.1 Å². The molecule has 1 aliphatic rings. The fraction of sp³-hybridized carbons (Fsp3) is 0.269. The average Bonchev–Trinajstić information content (AvgIpc) is 2.90. The van der Waals surface area contributed by atoms with Crippen LogP contribution in [-0.4, -0.2) is 33.8 Å². The first-order valence-corrected chi connectivity index (χ1v) is 10.7. The molecule has 2 heterocycles. The predicted octanol–water partition coefficient (Wildman–Crippen LogP) is 4.26. The Hall–Kier alpha value is -3.74. The lowest BCUT2D eigenvalue weighted by atomic mass is 9.97. The summed E-state index contributed by atoms with van der Waals surface area (Å²) in [5.41, 5.74) is 2.55. The van der Waals surface area contributed by atoms with E-state index < -0.39 is 11.6 Å². The third-order valence-corrected chi connectivity index (χ3v) is 5.35. The quantitative estimate of drug-likeness (QED) is 0.649. The Kier molecular flexibility index (Phi) is 6.14. The van der Waals surface area contributed by atoms with Crippen molar-refractivity contribution in [2.45, 2.75) is 38.9 Å². The second-order valence-electron chi connectivity index (χ2n) is 9.03. The number of benzene rings is 2. The molecule has 6 nitrogen and oxygen atoms in total. The van der Waals surface area contributed by atoms with E-state index in [2.05, 4.69) is 10.3 Å². The summed E-state index contributed by atoms with van der Waals surface area (Å²) in [7, 11) is 0. The summed E-state index contributed by atoms with van der Waals surface area (Å²) in [5, 5.41) is 2.99. The number of hydrogen-bond donors (Lipinski definition) is 1. The molecule has 1 unspecified atom stereocenters. The fourth-order valence-corrected chi connectivity index (χ4v) is 3.92. The van der Waals surface area contributed by atoms with Crippen molar-refractivity contribution < 1.29 is 18.7 Å². The summed E-state index contributed by atoms with van der Waals surface area (Å²) in [6.45, 7) is 5.65. The Bertz CT molecular complexity index is 1170. The third-order valence-electron chi connectivity index (χ3n) is 5.35. The molecular weight excluding hydrogens is 421 g/mol. The molecule has 0 saturated heterocycles. The number of aromatic nitrogens is 1. The van der Waals surface area contributed by atoms with Crippen molar-refractivity contribution in [2.24, 2.45) is 0 Å². The van der Waals surface area contributed by atoms with E-state index in [1.165, 1.54) is 17.0 Å². The van der Waals surface area contributed by atoms with Crippen LogP contribution in [0.3, 0.4) is 0 Å². The summed E-state index contributed by atoms with van der Waals surface area (Å²) >= 11 is 0. The number of halogens is 1. The van der Waals surface area contributed by atoms with Crippen molar-refractivity contribution in [1.82, 2.24) is 15.2 Å². The zero-order chi connectivity index (χ0) is 23.6. The lowest BCUT2D eigenvalue weighted by Gasteiger charge is -2.32. The normalized spacial score (nSPS) is 15.9. The van der Waals surface area contributed by atoms with Gasteiger partial charge in [0.2, 0.25) is 5.91 Å². The van der Waals surface area contributed by atoms with Gasteiger partial charge in [0.1, 0.15) is 17.6 Å². The minimum Gasteiger partial charge on any atom is -0.483 e. The van der Waals surface area contributed by atoms with Gasteiger partial charge in [0, 0.05) is 30.0 Å². The molecule has 2 aromatic carbocycles. The van der Waals surface area contributed by atoms with Gasteiger partial charge in [0.05, 0.1) is 0 Å². The highest BCUT2D eigenvalue weighted by Gasteiger charge is 2.38. The van der Waals surface area contributed by atoms with Gasteiger partial charge in [0.15, 0.2) is 6.61 Å². The Balaban J connectivity index is 1.77. The molecule has 3 aromatic rings. The number of fused-ring (bicyclic) bond motifs is 1. The predicted molar refractivity (Wildman–Crippen MR) is 123 cm³/mol. The van der Waals surface area contributed by atoms with Gasteiger partial charge in [-0.1, -0.05) is 36.4 Å². The van der Waals surface area contributed by atoms with E-state index in [1.807, 2.05) is 45.0 Å². The third kappa shape index (κ3) is 5.03. The summed E-state index contributed by atoms with van der Waals surface area (Å²) in [6.07, 6.45) is 3.14. The number of rotatable bonds is 4. The molecule has 0 aliphatic carbocycles. The van der Waals surface area contributed by atoms with Gasteiger partial charge < -0.3 is 15.0 Å². The first kappa shape index (κ1) is 22.5. The minimum absolute atomic E-state index is 0.173. The molecule has 1 aromatic heterocycles. The summed E-state index contributed by atoms with van der Waals surface area (Å²) in [5.74, 6) is -0.482. The van der Waals surface area contributed by atoms with E-state index in [1.54, 1.807) is 30.6 Å². The van der Waals surface area contributed by atoms with E-state index in [4.69, 9.17) is 4.74 Å². The fourth-order valence-electron chi connectivity index (χ4n) is 3.92. The van der Waals surface area contributed by atoms with Crippen LogP contribution in [0.4, 0.5) is 4.39 Å². The number of nitrogens with one attached hydrogen (secondary N) is 1. The van der Waals surface area contributed by atoms with Gasteiger partial charge in [-0.25, -0.2) is 4.39 Å². The van der Waals surface area contributed by atoms with E-state index in [0.29, 0.717) is 11.3 Å². The first-order chi connectivity index (χ1) is 15.7. The topological polar surface area (TPSA) is 71.5 Å². The highest BCUT2D eigenvalue weighted by atomic mass is 19.1. The van der Waals surface area contributed by atoms with Gasteiger partial charge >= 0.3 is 0 Å². The van der Waals surface area contributed by atoms with Crippen molar-refractivity contribution in [2.75, 3.05) is 6.61 Å². The lowest BCUT2D eigenvalue weighted by molar-refractivity contribution is -0.142. The van der Waals surface area contributed by atoms with E-state index in [-0.39, 0.29) is 30.8 Å². The zero-order valence-corrected chi connectivity index (χ0v) is 18.8. The van der Waals surface area contributed by atoms with Crippen LogP contribution < -0.4 is 10.1 Å². The SMILES string of the molecule is CC(C)(C)NC(=O)C1c2cnccc2OCC(=O)N1Cc1ccccc1-c1ccc(F)cc1. The number of carbonyl (C=O) groups is 2. The number of ether oxygens (including phenoxy) is 1. The van der Waals surface area contributed by atoms with Crippen molar-refractivity contribution in [3.8, 4) is 16.9 Å². The molecule has 0 bridgehead atoms. The van der Waals surface area contributed by atoms with Gasteiger partial charge in [-0.2, -0.15) is 0 Å². The van der Waals surface area contributed by atoms with Crippen molar-refractivity contribution in [3.63, 3.8) is 0 Å². The molecule has 2 amide bonds. The van der Waals surface area contributed by atoms with Crippen LogP contribution >= 0.6 is 0 Å². The van der Waals surface area contributed by atoms with Crippen LogP contribution in [0.5, 0.6) is 5.75 Å². The second kappa shape index (κ2) is 9.02. The van der Waals surface area contributed by atoms with Crippen molar-refractivity contribution in [3.05, 3.63) is 83.9 Å². The van der Waals surface area contributed by atoms with Crippen LogP contribution in [0, 0.1) is 5.82 Å². The minimum atomic E-state index is -0.913. The maximum atomic E-state index is 13.5. The molecule has 7 heteroatoms. The summed E-state index contributed by atoms with van der Waals surface area (Å²) < 4.78 is 19.2. The zero-order valence-electron chi connectivity index (χ0n) is 18.8. The first-order valence-electron chi connectivity index (χ1n) is 10.7. The molecule has 0 fully saturated rings. The molecule has 170 valence electrons. The number of nitrogens with zero attached hydrogens (tertiary/aromatic N) is 2. The molecule has 33 heavy (non-hydrogen) atoms. The number of amides is 2. The lowest BCUT2D eigenvalue weighted by Crippen LogP contribution is -2.49. The van der Waals surface area contributed by atoms with Crippen LogP contribution in [0.2, 0.25) is 0 Å². The maximum Gasteiger partial charge on any atom is 0.261 e. The van der Waals surface area contributed by atoms with Gasteiger partial charge in [-0.15, -0.1) is 0 Å². The molecule has 0 saturated carbocycles. The highest BCUT2D eigenvalue weighted by Crippen LogP contribution is 2.35. The molecule has 1 aliphatic heterocycles. The molecular formula is C26H26FN3O3. The Morgan fingerprint density at radius 2 is 1.88 bits per heavy atom. The summed E-state index contributed by atoms with van der Waals surface area (Å²) in [4.78, 5) is 32.3. The Labute approximate surface area is 192 Å². The second-order valence-corrected chi connectivity index (χ2v) is 9.03. The number of pyridine rings is 1. The van der Waals surface area contributed by atoms with Crippen LogP contribution in [0.1, 0.15) is 37.9 Å². The monoisotopic (exact) mass is 447 g/mol. The number of carbonyl (C=O) groups excluding carboxylic acids is 2. The molecule has 1 atom stereocenters. The largest absolute Gasteiger partial charge is 0.483 e. The smallest absolute Gasteiger partial charge is 0.261 e. The average molecular weight is 448 g/mol. The highest BCUT2D eigenvalue weighted by molar-refractivity contribution is 5.91. The van der Waals surface area contributed by atoms with Crippen molar-refractivity contribution >= 4 is 11.8 Å². The van der Waals surface area contributed by atoms with Gasteiger partial charge in [-0.3, -0.25) is 14.6 Å². The van der Waals surface area contributed by atoms with Crippen LogP contribution in [0.25, 0.3) is 11.1 Å². The van der Waals surface area contributed by atoms with E-state index >= 15 is 0 Å². The Morgan fingerprint density at radius 3 is 2.61 bits per heavy atom. The van der Waals surface area contributed by atoms with Gasteiger partial charge in [0.25, 0.3) is 5.91 Å². The van der Waals surface area contributed by atoms with E-state index in [0.717, 1.165) is 16.7 Å². The molecule has 0 spiro atoms. The van der Waals surface area contributed by atoms with Crippen LogP contribution in [0.15, 0.2) is 67.0 Å². The summed E-state index contributed by atoms with van der Waals surface area (Å²) in [6, 6.07) is 14.5. The standard InChI is InChI=1S/C26H26FN3O3/c1-26(2,3)29-25(32)24-21-14-28-13-12-22(21)33-16-23(31)30(24)15-18-6-4-5-7-20(18)17-8-10-19(27)11-9-17/h4-14,24H,15-16H2,1-3H3,(H,29,32). The maximum absolute atomic E-state index is 13.5. The molecule has 1 N–H and O–H groups in total. The molecule has 4 rings (SSSR count).